The molecule has 3 N–H and O–H groups in total. The van der Waals surface area contributed by atoms with E-state index in [9.17, 15) is 9.59 Å². The summed E-state index contributed by atoms with van der Waals surface area (Å²) in [6.07, 6.45) is 0. The Balaban J connectivity index is 1.91. The Hall–Kier alpha value is -3.48. The highest BCUT2D eigenvalue weighted by Gasteiger charge is 2.31. The van der Waals surface area contributed by atoms with E-state index in [1.807, 2.05) is 43.3 Å². The maximum Gasteiger partial charge on any atom is 0.319 e. The Bertz CT molecular complexity index is 920. The fourth-order valence-electron chi connectivity index (χ4n) is 3.11. The fourth-order valence-corrected chi connectivity index (χ4v) is 3.11. The molecule has 1 atom stereocenters. The Morgan fingerprint density at radius 3 is 2.50 bits per heavy atom. The van der Waals surface area contributed by atoms with Crippen LogP contribution in [0.2, 0.25) is 0 Å². The van der Waals surface area contributed by atoms with E-state index < -0.39 is 6.04 Å². The summed E-state index contributed by atoms with van der Waals surface area (Å²) in [6, 6.07) is 14.0. The van der Waals surface area contributed by atoms with Gasteiger partial charge in [0, 0.05) is 37.2 Å². The maximum absolute atomic E-state index is 13.0. The van der Waals surface area contributed by atoms with Crippen LogP contribution < -0.4 is 25.6 Å². The normalized spacial score (nSPS) is 16.1. The van der Waals surface area contributed by atoms with Crippen molar-refractivity contribution in [3.05, 3.63) is 65.4 Å². The van der Waals surface area contributed by atoms with Gasteiger partial charge in [0.15, 0.2) is 0 Å². The van der Waals surface area contributed by atoms with Crippen LogP contribution in [0.1, 0.15) is 18.5 Å². The molecule has 28 heavy (non-hydrogen) atoms. The van der Waals surface area contributed by atoms with Crippen LogP contribution in [0.15, 0.2) is 59.8 Å². The predicted octanol–water partition coefficient (Wildman–Crippen LogP) is 3.03. The minimum atomic E-state index is -0.546. The molecule has 2 aromatic rings. The number of anilines is 2. The third kappa shape index (κ3) is 4.09. The molecule has 0 aliphatic carbocycles. The van der Waals surface area contributed by atoms with E-state index in [1.54, 1.807) is 38.3 Å². The van der Waals surface area contributed by atoms with E-state index in [0.717, 1.165) is 11.3 Å². The van der Waals surface area contributed by atoms with E-state index in [0.29, 0.717) is 22.7 Å². The minimum absolute atomic E-state index is 0.292. The zero-order valence-electron chi connectivity index (χ0n) is 16.4. The van der Waals surface area contributed by atoms with Gasteiger partial charge in [-0.15, -0.1) is 0 Å². The summed E-state index contributed by atoms with van der Waals surface area (Å²) in [5.41, 5.74) is 3.46. The number of allylic oxidation sites excluding steroid dienone is 1. The number of carbonyl (C=O) groups excluding carboxylic acids is 2. The number of carbonyl (C=O) groups is 2. The average molecular weight is 380 g/mol. The molecule has 1 aliphatic rings. The van der Waals surface area contributed by atoms with Gasteiger partial charge in [-0.1, -0.05) is 18.2 Å². The van der Waals surface area contributed by atoms with Gasteiger partial charge < -0.3 is 25.6 Å². The number of nitrogens with one attached hydrogen (secondary N) is 3. The van der Waals surface area contributed by atoms with E-state index in [4.69, 9.17) is 4.74 Å². The molecule has 2 aromatic carbocycles. The molecule has 3 amide bonds. The average Bonchev–Trinajstić information content (AvgIpc) is 2.67. The number of hydrogen-bond donors (Lipinski definition) is 3. The third-order valence-electron chi connectivity index (χ3n) is 4.58. The molecule has 146 valence electrons. The van der Waals surface area contributed by atoms with Crippen molar-refractivity contribution in [3.8, 4) is 5.75 Å². The van der Waals surface area contributed by atoms with E-state index in [1.165, 1.54) is 0 Å². The molecule has 0 spiro atoms. The molecule has 0 saturated carbocycles. The highest BCUT2D eigenvalue weighted by Crippen LogP contribution is 2.29. The molecular weight excluding hydrogens is 356 g/mol. The molecule has 0 bridgehead atoms. The number of amides is 3. The number of methoxy groups -OCH3 is 1. The van der Waals surface area contributed by atoms with Gasteiger partial charge in [-0.3, -0.25) is 4.79 Å². The van der Waals surface area contributed by atoms with Crippen molar-refractivity contribution in [2.24, 2.45) is 0 Å². The molecular formula is C21H24N4O3. The second kappa shape index (κ2) is 8.04. The smallest absolute Gasteiger partial charge is 0.319 e. The monoisotopic (exact) mass is 380 g/mol. The largest absolute Gasteiger partial charge is 0.497 e. The summed E-state index contributed by atoms with van der Waals surface area (Å²) in [5.74, 6) is 0.356. The highest BCUT2D eigenvalue weighted by molar-refractivity contribution is 6.06. The number of benzene rings is 2. The zero-order chi connectivity index (χ0) is 20.3. The zero-order valence-corrected chi connectivity index (χ0v) is 16.4. The molecule has 0 fully saturated rings. The van der Waals surface area contributed by atoms with Gasteiger partial charge in [0.2, 0.25) is 0 Å². The van der Waals surface area contributed by atoms with Crippen LogP contribution in [0.5, 0.6) is 5.75 Å². The number of urea groups is 1. The number of ether oxygens (including phenoxy) is 1. The van der Waals surface area contributed by atoms with Crippen molar-refractivity contribution in [3.63, 3.8) is 0 Å². The molecule has 0 unspecified atom stereocenters. The lowest BCUT2D eigenvalue weighted by Crippen LogP contribution is -2.45. The Morgan fingerprint density at radius 1 is 1.14 bits per heavy atom. The molecule has 3 rings (SSSR count). The highest BCUT2D eigenvalue weighted by atomic mass is 16.5. The summed E-state index contributed by atoms with van der Waals surface area (Å²) in [6.45, 7) is 1.72. The molecule has 0 saturated heterocycles. The van der Waals surface area contributed by atoms with Crippen LogP contribution in [0.25, 0.3) is 0 Å². The lowest BCUT2D eigenvalue weighted by molar-refractivity contribution is -0.113. The quantitative estimate of drug-likeness (QED) is 0.745. The topological polar surface area (TPSA) is 82.7 Å². The van der Waals surface area contributed by atoms with Crippen molar-refractivity contribution in [1.82, 2.24) is 10.6 Å². The number of hydrogen-bond acceptors (Lipinski definition) is 4. The van der Waals surface area contributed by atoms with Crippen LogP contribution in [0.3, 0.4) is 0 Å². The first-order valence-corrected chi connectivity index (χ1v) is 8.90. The predicted molar refractivity (Wildman–Crippen MR) is 110 cm³/mol. The molecule has 1 aliphatic heterocycles. The Labute approximate surface area is 164 Å². The molecule has 0 radical (unpaired) electrons. The molecule has 7 heteroatoms. The summed E-state index contributed by atoms with van der Waals surface area (Å²) >= 11 is 0. The third-order valence-corrected chi connectivity index (χ3v) is 4.58. The van der Waals surface area contributed by atoms with Crippen LogP contribution in [0, 0.1) is 0 Å². The number of rotatable bonds is 5. The fraction of sp³-hybridized carbons (Fsp3) is 0.238. The number of nitrogens with zero attached hydrogens (tertiary/aromatic N) is 1. The Morgan fingerprint density at radius 2 is 1.86 bits per heavy atom. The summed E-state index contributed by atoms with van der Waals surface area (Å²) in [7, 11) is 5.48. The van der Waals surface area contributed by atoms with Crippen LogP contribution in [-0.2, 0) is 4.79 Å². The summed E-state index contributed by atoms with van der Waals surface area (Å²) in [4.78, 5) is 27.1. The second-order valence-electron chi connectivity index (χ2n) is 6.74. The van der Waals surface area contributed by atoms with E-state index in [2.05, 4.69) is 16.0 Å². The Kier molecular flexibility index (Phi) is 5.54. The van der Waals surface area contributed by atoms with Gasteiger partial charge >= 0.3 is 6.03 Å². The van der Waals surface area contributed by atoms with Gasteiger partial charge in [-0.25, -0.2) is 4.79 Å². The summed E-state index contributed by atoms with van der Waals surface area (Å²) < 4.78 is 5.20. The van der Waals surface area contributed by atoms with Gasteiger partial charge in [0.25, 0.3) is 5.91 Å². The molecule has 1 heterocycles. The molecule has 7 nitrogen and oxygen atoms in total. The first-order chi connectivity index (χ1) is 13.4. The first-order valence-electron chi connectivity index (χ1n) is 8.90. The van der Waals surface area contributed by atoms with Crippen LogP contribution in [-0.4, -0.2) is 33.1 Å². The van der Waals surface area contributed by atoms with Crippen molar-refractivity contribution in [2.45, 2.75) is 13.0 Å². The lowest BCUT2D eigenvalue weighted by atomic mass is 9.94. The van der Waals surface area contributed by atoms with Crippen LogP contribution >= 0.6 is 0 Å². The lowest BCUT2D eigenvalue weighted by Gasteiger charge is -2.29. The standard InChI is InChI=1S/C21H24N4O3/c1-13-18(20(26)23-15-6-5-7-17(12-15)28-4)19(24-21(27)22-13)14-8-10-16(11-9-14)25(2)3/h5-12,19H,1-4H3,(H,23,26)(H2,22,24,27)/t19-/m0/s1. The molecule has 0 aromatic heterocycles. The maximum atomic E-state index is 13.0. The summed E-state index contributed by atoms with van der Waals surface area (Å²) in [5, 5.41) is 8.41. The van der Waals surface area contributed by atoms with Crippen LogP contribution in [0.4, 0.5) is 16.2 Å². The first kappa shape index (κ1) is 19.3. The second-order valence-corrected chi connectivity index (χ2v) is 6.74. The van der Waals surface area contributed by atoms with Gasteiger partial charge in [0.05, 0.1) is 18.7 Å². The SMILES string of the molecule is COc1cccc(NC(=O)C2=C(C)NC(=O)N[C@H]2c2ccc(N(C)C)cc2)c1. The van der Waals surface area contributed by atoms with Crippen molar-refractivity contribution in [1.29, 1.82) is 0 Å². The van der Waals surface area contributed by atoms with Gasteiger partial charge in [0.1, 0.15) is 5.75 Å². The van der Waals surface area contributed by atoms with Crippen molar-refractivity contribution >= 4 is 23.3 Å². The van der Waals surface area contributed by atoms with E-state index >= 15 is 0 Å². The minimum Gasteiger partial charge on any atom is -0.497 e. The van der Waals surface area contributed by atoms with E-state index in [-0.39, 0.29) is 11.9 Å². The van der Waals surface area contributed by atoms with Gasteiger partial charge in [-0.2, -0.15) is 0 Å². The van der Waals surface area contributed by atoms with Gasteiger partial charge in [-0.05, 0) is 36.8 Å². The van der Waals surface area contributed by atoms with Crippen molar-refractivity contribution < 1.29 is 14.3 Å². The van der Waals surface area contributed by atoms with Crippen molar-refractivity contribution in [2.75, 3.05) is 31.4 Å².